The van der Waals surface area contributed by atoms with Gasteiger partial charge in [-0.1, -0.05) is 0 Å². The van der Waals surface area contributed by atoms with Crippen LogP contribution in [0.15, 0.2) is 0 Å². The summed E-state index contributed by atoms with van der Waals surface area (Å²) < 4.78 is 10.2. The topological polar surface area (TPSA) is 67.9 Å². The normalized spacial score (nSPS) is 24.6. The summed E-state index contributed by atoms with van der Waals surface area (Å²) in [6, 6.07) is 0. The van der Waals surface area contributed by atoms with Gasteiger partial charge in [0.2, 0.25) is 5.91 Å². The highest BCUT2D eigenvalue weighted by Crippen LogP contribution is 2.10. The van der Waals surface area contributed by atoms with Crippen molar-refractivity contribution in [1.29, 1.82) is 0 Å². The van der Waals surface area contributed by atoms with E-state index in [4.69, 9.17) is 9.47 Å². The predicted molar refractivity (Wildman–Crippen MR) is 59.5 cm³/mol. The summed E-state index contributed by atoms with van der Waals surface area (Å²) in [5.41, 5.74) is 0. The number of cyclic esters (lactones) is 1. The van der Waals surface area contributed by atoms with Gasteiger partial charge < -0.3 is 14.8 Å². The first kappa shape index (κ1) is 12.2. The lowest BCUT2D eigenvalue weighted by atomic mass is 10.2. The Morgan fingerprint density at radius 3 is 3.00 bits per heavy atom. The number of carbonyl (C=O) groups excluding carboxylic acids is 2. The minimum Gasteiger partial charge on any atom is -0.449 e. The van der Waals surface area contributed by atoms with Crippen molar-refractivity contribution < 1.29 is 19.1 Å². The third-order valence-corrected chi connectivity index (χ3v) is 2.94. The van der Waals surface area contributed by atoms with Crippen LogP contribution in [0.25, 0.3) is 0 Å². The maximum atomic E-state index is 11.6. The molecule has 2 rings (SSSR count). The van der Waals surface area contributed by atoms with E-state index in [-0.39, 0.29) is 18.6 Å². The quantitative estimate of drug-likeness (QED) is 0.760. The van der Waals surface area contributed by atoms with Gasteiger partial charge in [-0.25, -0.2) is 4.79 Å². The minimum atomic E-state index is -0.400. The first-order valence-corrected chi connectivity index (χ1v) is 6.06. The standard InChI is InChI=1S/C11H18N2O4/c14-10(12-7-9-3-1-5-16-9)8-13-4-2-6-17-11(13)15/h9H,1-8H2,(H,12,14). The first-order valence-electron chi connectivity index (χ1n) is 6.06. The summed E-state index contributed by atoms with van der Waals surface area (Å²) >= 11 is 0. The van der Waals surface area contributed by atoms with Crippen LogP contribution in [0.3, 0.4) is 0 Å². The number of nitrogens with one attached hydrogen (secondary N) is 1. The van der Waals surface area contributed by atoms with Crippen LogP contribution >= 0.6 is 0 Å². The second kappa shape index (κ2) is 5.86. The molecule has 0 bridgehead atoms. The lowest BCUT2D eigenvalue weighted by molar-refractivity contribution is -0.122. The molecule has 6 nitrogen and oxygen atoms in total. The summed E-state index contributed by atoms with van der Waals surface area (Å²) in [6.07, 6.45) is 2.56. The Hall–Kier alpha value is -1.30. The number of nitrogens with zero attached hydrogens (tertiary/aromatic N) is 1. The van der Waals surface area contributed by atoms with Crippen molar-refractivity contribution in [2.45, 2.75) is 25.4 Å². The van der Waals surface area contributed by atoms with E-state index >= 15 is 0 Å². The Labute approximate surface area is 100 Å². The van der Waals surface area contributed by atoms with E-state index in [0.717, 1.165) is 25.9 Å². The van der Waals surface area contributed by atoms with E-state index in [1.165, 1.54) is 4.90 Å². The van der Waals surface area contributed by atoms with Crippen molar-refractivity contribution in [1.82, 2.24) is 10.2 Å². The molecule has 2 fully saturated rings. The lowest BCUT2D eigenvalue weighted by Gasteiger charge is -2.25. The van der Waals surface area contributed by atoms with Crippen LogP contribution < -0.4 is 5.32 Å². The second-order valence-electron chi connectivity index (χ2n) is 4.33. The molecule has 2 aliphatic heterocycles. The highest BCUT2D eigenvalue weighted by atomic mass is 16.6. The van der Waals surface area contributed by atoms with Crippen molar-refractivity contribution in [2.75, 3.05) is 32.8 Å². The molecule has 2 amide bonds. The summed E-state index contributed by atoms with van der Waals surface area (Å²) in [6.45, 7) is 2.42. The monoisotopic (exact) mass is 242 g/mol. The molecule has 6 heteroatoms. The Kier molecular flexibility index (Phi) is 4.19. The maximum absolute atomic E-state index is 11.6. The van der Waals surface area contributed by atoms with Gasteiger partial charge in [0.1, 0.15) is 6.54 Å². The number of hydrogen-bond acceptors (Lipinski definition) is 4. The summed E-state index contributed by atoms with van der Waals surface area (Å²) in [4.78, 5) is 24.3. The maximum Gasteiger partial charge on any atom is 0.410 e. The van der Waals surface area contributed by atoms with E-state index in [2.05, 4.69) is 5.32 Å². The van der Waals surface area contributed by atoms with Crippen LogP contribution in [-0.4, -0.2) is 55.9 Å². The molecular formula is C11H18N2O4. The zero-order valence-corrected chi connectivity index (χ0v) is 9.81. The van der Waals surface area contributed by atoms with Crippen LogP contribution in [0.4, 0.5) is 4.79 Å². The zero-order chi connectivity index (χ0) is 12.1. The van der Waals surface area contributed by atoms with Crippen molar-refractivity contribution >= 4 is 12.0 Å². The fraction of sp³-hybridized carbons (Fsp3) is 0.818. The van der Waals surface area contributed by atoms with E-state index in [1.807, 2.05) is 0 Å². The Balaban J connectivity index is 1.67. The molecule has 1 atom stereocenters. The zero-order valence-electron chi connectivity index (χ0n) is 9.81. The fourth-order valence-electron chi connectivity index (χ4n) is 2.00. The highest BCUT2D eigenvalue weighted by Gasteiger charge is 2.22. The fourth-order valence-corrected chi connectivity index (χ4v) is 2.00. The molecular weight excluding hydrogens is 224 g/mol. The third-order valence-electron chi connectivity index (χ3n) is 2.94. The molecule has 0 radical (unpaired) electrons. The molecule has 1 N–H and O–H groups in total. The van der Waals surface area contributed by atoms with Gasteiger partial charge in [-0.3, -0.25) is 9.69 Å². The van der Waals surface area contributed by atoms with Crippen LogP contribution in [0, 0.1) is 0 Å². The first-order chi connectivity index (χ1) is 8.25. The van der Waals surface area contributed by atoms with Gasteiger partial charge in [0, 0.05) is 19.7 Å². The number of hydrogen-bond donors (Lipinski definition) is 1. The van der Waals surface area contributed by atoms with Gasteiger partial charge in [-0.2, -0.15) is 0 Å². The van der Waals surface area contributed by atoms with Crippen molar-refractivity contribution in [3.63, 3.8) is 0 Å². The summed E-state index contributed by atoms with van der Waals surface area (Å²) in [5, 5.41) is 2.78. The molecule has 0 saturated carbocycles. The second-order valence-corrected chi connectivity index (χ2v) is 4.33. The number of rotatable bonds is 4. The van der Waals surface area contributed by atoms with Gasteiger partial charge in [0.05, 0.1) is 12.7 Å². The van der Waals surface area contributed by atoms with E-state index in [0.29, 0.717) is 19.7 Å². The third kappa shape index (κ3) is 3.59. The van der Waals surface area contributed by atoms with Crippen LogP contribution in [0.2, 0.25) is 0 Å². The molecule has 2 saturated heterocycles. The summed E-state index contributed by atoms with van der Waals surface area (Å²) in [7, 11) is 0. The van der Waals surface area contributed by atoms with Gasteiger partial charge in [-0.15, -0.1) is 0 Å². The van der Waals surface area contributed by atoms with Gasteiger partial charge in [0.25, 0.3) is 0 Å². The van der Waals surface area contributed by atoms with Crippen molar-refractivity contribution in [3.05, 3.63) is 0 Å². The molecule has 1 unspecified atom stereocenters. The molecule has 0 spiro atoms. The lowest BCUT2D eigenvalue weighted by Crippen LogP contribution is -2.45. The highest BCUT2D eigenvalue weighted by molar-refractivity contribution is 5.82. The largest absolute Gasteiger partial charge is 0.449 e. The molecule has 0 aromatic rings. The number of amides is 2. The van der Waals surface area contributed by atoms with Gasteiger partial charge in [0.15, 0.2) is 0 Å². The molecule has 96 valence electrons. The van der Waals surface area contributed by atoms with Gasteiger partial charge >= 0.3 is 6.09 Å². The van der Waals surface area contributed by atoms with Crippen molar-refractivity contribution in [3.8, 4) is 0 Å². The average Bonchev–Trinajstić information content (AvgIpc) is 2.82. The van der Waals surface area contributed by atoms with E-state index < -0.39 is 6.09 Å². The van der Waals surface area contributed by atoms with Crippen LogP contribution in [0.1, 0.15) is 19.3 Å². The molecule has 2 heterocycles. The van der Waals surface area contributed by atoms with Crippen LogP contribution in [-0.2, 0) is 14.3 Å². The Morgan fingerprint density at radius 2 is 2.29 bits per heavy atom. The Bertz CT molecular complexity index is 289. The molecule has 0 aromatic carbocycles. The molecule has 2 aliphatic rings. The minimum absolute atomic E-state index is 0.0750. The number of carbonyl (C=O) groups is 2. The van der Waals surface area contributed by atoms with Gasteiger partial charge in [-0.05, 0) is 19.3 Å². The Morgan fingerprint density at radius 1 is 1.41 bits per heavy atom. The SMILES string of the molecule is O=C(CN1CCCOC1=O)NCC1CCCO1. The summed E-state index contributed by atoms with van der Waals surface area (Å²) in [5.74, 6) is -0.153. The predicted octanol–water partition coefficient (Wildman–Crippen LogP) is 0.124. The van der Waals surface area contributed by atoms with E-state index in [1.54, 1.807) is 0 Å². The molecule has 0 aliphatic carbocycles. The van der Waals surface area contributed by atoms with Crippen molar-refractivity contribution in [2.24, 2.45) is 0 Å². The molecule has 0 aromatic heterocycles. The smallest absolute Gasteiger partial charge is 0.410 e. The number of ether oxygens (including phenoxy) is 2. The van der Waals surface area contributed by atoms with E-state index in [9.17, 15) is 9.59 Å². The average molecular weight is 242 g/mol. The molecule has 17 heavy (non-hydrogen) atoms. The van der Waals surface area contributed by atoms with Crippen LogP contribution in [0.5, 0.6) is 0 Å².